The molecule has 3 nitrogen and oxygen atoms in total. The maximum Gasteiger partial charge on any atom is 0.136 e. The van der Waals surface area contributed by atoms with Gasteiger partial charge in [-0.2, -0.15) is 5.10 Å². The summed E-state index contributed by atoms with van der Waals surface area (Å²) in [5.74, 6) is 0. The average Bonchev–Trinajstić information content (AvgIpc) is 3.22. The van der Waals surface area contributed by atoms with Crippen molar-refractivity contribution in [2.24, 2.45) is 0 Å². The average molecular weight is 324 g/mol. The highest BCUT2D eigenvalue weighted by Crippen LogP contribution is 2.33. The van der Waals surface area contributed by atoms with E-state index in [1.165, 1.54) is 0 Å². The van der Waals surface area contributed by atoms with Gasteiger partial charge < -0.3 is 4.42 Å². The van der Waals surface area contributed by atoms with Crippen LogP contribution in [0.4, 0.5) is 0 Å². The molecule has 0 aliphatic carbocycles. The second-order valence-electron chi connectivity index (χ2n) is 6.22. The van der Waals surface area contributed by atoms with Crippen LogP contribution in [0, 0.1) is 6.92 Å². The third-order valence-corrected chi connectivity index (χ3v) is 4.61. The quantitative estimate of drug-likeness (QED) is 0.414. The number of hydrogen-bond acceptors (Lipinski definition) is 2. The number of aromatic nitrogens is 2. The summed E-state index contributed by atoms with van der Waals surface area (Å²) in [5.41, 5.74) is 6.12. The molecule has 0 atom stereocenters. The Morgan fingerprint density at radius 2 is 1.56 bits per heavy atom. The van der Waals surface area contributed by atoms with Crippen molar-refractivity contribution in [3.05, 3.63) is 84.7 Å². The third kappa shape index (κ3) is 2.24. The predicted octanol–water partition coefficient (Wildman–Crippen LogP) is 5.75. The Hall–Kier alpha value is -3.33. The maximum absolute atomic E-state index is 6.02. The number of rotatable bonds is 2. The van der Waals surface area contributed by atoms with E-state index in [0.717, 1.165) is 44.4 Å². The van der Waals surface area contributed by atoms with Crippen molar-refractivity contribution in [2.75, 3.05) is 0 Å². The van der Waals surface area contributed by atoms with Gasteiger partial charge in [0, 0.05) is 22.5 Å². The highest BCUT2D eigenvalue weighted by atomic mass is 16.3. The van der Waals surface area contributed by atoms with E-state index < -0.39 is 0 Å². The highest BCUT2D eigenvalue weighted by Gasteiger charge is 2.12. The number of aryl methyl sites for hydroxylation is 1. The predicted molar refractivity (Wildman–Crippen MR) is 101 cm³/mol. The molecule has 0 saturated carbocycles. The minimum atomic E-state index is 0.908. The second kappa shape index (κ2) is 5.35. The molecule has 0 saturated heterocycles. The standard InChI is InChI=1S/C22H16N2O/c1-15-20(14-24(23-15)17-7-3-2-4-8-17)16-11-12-19-18-9-5-6-10-21(18)25-22(19)13-16/h2-14H,1H3. The molecule has 0 aliphatic rings. The van der Waals surface area contributed by atoms with Gasteiger partial charge in [0.05, 0.1) is 11.4 Å². The van der Waals surface area contributed by atoms with Gasteiger partial charge in [-0.15, -0.1) is 0 Å². The van der Waals surface area contributed by atoms with Crippen LogP contribution in [0.5, 0.6) is 0 Å². The Labute approximate surface area is 145 Å². The van der Waals surface area contributed by atoms with Crippen LogP contribution in [0.2, 0.25) is 0 Å². The molecule has 5 aromatic rings. The molecule has 2 heterocycles. The van der Waals surface area contributed by atoms with Gasteiger partial charge in [-0.1, -0.05) is 42.5 Å². The molecule has 0 radical (unpaired) electrons. The third-order valence-electron chi connectivity index (χ3n) is 4.61. The first kappa shape index (κ1) is 14.1. The molecule has 0 amide bonds. The van der Waals surface area contributed by atoms with Gasteiger partial charge in [-0.05, 0) is 42.8 Å². The molecule has 0 unspecified atom stereocenters. The monoisotopic (exact) mass is 324 g/mol. The molecular formula is C22H16N2O. The van der Waals surface area contributed by atoms with Crippen molar-refractivity contribution < 1.29 is 4.42 Å². The Kier molecular flexibility index (Phi) is 3.01. The normalized spacial score (nSPS) is 11.4. The largest absolute Gasteiger partial charge is 0.456 e. The van der Waals surface area contributed by atoms with Crippen LogP contribution in [-0.2, 0) is 0 Å². The number of furan rings is 1. The van der Waals surface area contributed by atoms with Crippen molar-refractivity contribution in [1.29, 1.82) is 0 Å². The van der Waals surface area contributed by atoms with E-state index in [9.17, 15) is 0 Å². The lowest BCUT2D eigenvalue weighted by Crippen LogP contribution is -1.93. The summed E-state index contributed by atoms with van der Waals surface area (Å²) in [6.07, 6.45) is 2.08. The second-order valence-corrected chi connectivity index (χ2v) is 6.22. The minimum absolute atomic E-state index is 0.908. The van der Waals surface area contributed by atoms with Gasteiger partial charge in [0.25, 0.3) is 0 Å². The highest BCUT2D eigenvalue weighted by molar-refractivity contribution is 6.05. The zero-order chi connectivity index (χ0) is 16.8. The molecule has 25 heavy (non-hydrogen) atoms. The summed E-state index contributed by atoms with van der Waals surface area (Å²) < 4.78 is 7.94. The molecule has 5 rings (SSSR count). The number of hydrogen-bond donors (Lipinski definition) is 0. The van der Waals surface area contributed by atoms with E-state index >= 15 is 0 Å². The van der Waals surface area contributed by atoms with Crippen LogP contribution in [0.1, 0.15) is 5.69 Å². The van der Waals surface area contributed by atoms with Crippen molar-refractivity contribution in [1.82, 2.24) is 9.78 Å². The zero-order valence-electron chi connectivity index (χ0n) is 13.8. The van der Waals surface area contributed by atoms with Crippen LogP contribution < -0.4 is 0 Å². The summed E-state index contributed by atoms with van der Waals surface area (Å²) in [4.78, 5) is 0. The Morgan fingerprint density at radius 3 is 2.44 bits per heavy atom. The van der Waals surface area contributed by atoms with Crippen molar-refractivity contribution >= 4 is 21.9 Å². The molecule has 0 spiro atoms. The Bertz CT molecular complexity index is 1200. The molecule has 120 valence electrons. The Morgan fingerprint density at radius 1 is 0.800 bits per heavy atom. The molecule has 0 N–H and O–H groups in total. The van der Waals surface area contributed by atoms with Gasteiger partial charge in [-0.3, -0.25) is 0 Å². The topological polar surface area (TPSA) is 31.0 Å². The fourth-order valence-electron chi connectivity index (χ4n) is 3.35. The fourth-order valence-corrected chi connectivity index (χ4v) is 3.35. The Balaban J connectivity index is 1.66. The number of para-hydroxylation sites is 2. The summed E-state index contributed by atoms with van der Waals surface area (Å²) in [7, 11) is 0. The van der Waals surface area contributed by atoms with Crippen LogP contribution in [0.15, 0.2) is 83.4 Å². The summed E-state index contributed by atoms with van der Waals surface area (Å²) in [5, 5.41) is 6.97. The lowest BCUT2D eigenvalue weighted by Gasteiger charge is -2.00. The van der Waals surface area contributed by atoms with E-state index in [1.807, 2.05) is 48.0 Å². The smallest absolute Gasteiger partial charge is 0.136 e. The van der Waals surface area contributed by atoms with Gasteiger partial charge >= 0.3 is 0 Å². The van der Waals surface area contributed by atoms with Crippen LogP contribution in [0.25, 0.3) is 38.8 Å². The molecule has 3 aromatic carbocycles. The summed E-state index contributed by atoms with van der Waals surface area (Å²) in [6, 6.07) is 24.7. The SMILES string of the molecule is Cc1nn(-c2ccccc2)cc1-c1ccc2c(c1)oc1ccccc12. The molecule has 0 fully saturated rings. The number of fused-ring (bicyclic) bond motifs is 3. The van der Waals surface area contributed by atoms with Gasteiger partial charge in [0.15, 0.2) is 0 Å². The lowest BCUT2D eigenvalue weighted by atomic mass is 10.0. The molecule has 2 aromatic heterocycles. The van der Waals surface area contributed by atoms with E-state index in [0.29, 0.717) is 0 Å². The first-order valence-electron chi connectivity index (χ1n) is 8.33. The number of nitrogens with zero attached hydrogens (tertiary/aromatic N) is 2. The van der Waals surface area contributed by atoms with Crippen LogP contribution in [0.3, 0.4) is 0 Å². The molecule has 3 heteroatoms. The van der Waals surface area contributed by atoms with Gasteiger partial charge in [0.1, 0.15) is 11.2 Å². The lowest BCUT2D eigenvalue weighted by molar-refractivity contribution is 0.669. The van der Waals surface area contributed by atoms with E-state index in [4.69, 9.17) is 4.42 Å². The maximum atomic E-state index is 6.02. The van der Waals surface area contributed by atoms with Crippen LogP contribution in [-0.4, -0.2) is 9.78 Å². The van der Waals surface area contributed by atoms with E-state index in [2.05, 4.69) is 47.7 Å². The number of benzene rings is 3. The zero-order valence-corrected chi connectivity index (χ0v) is 13.8. The van der Waals surface area contributed by atoms with E-state index in [1.54, 1.807) is 0 Å². The van der Waals surface area contributed by atoms with Gasteiger partial charge in [-0.25, -0.2) is 4.68 Å². The van der Waals surface area contributed by atoms with E-state index in [-0.39, 0.29) is 0 Å². The van der Waals surface area contributed by atoms with Crippen molar-refractivity contribution in [2.45, 2.75) is 6.92 Å². The molecule has 0 aliphatic heterocycles. The first-order valence-corrected chi connectivity index (χ1v) is 8.33. The molecule has 0 bridgehead atoms. The summed E-state index contributed by atoms with van der Waals surface area (Å²) >= 11 is 0. The first-order chi connectivity index (χ1) is 12.3. The van der Waals surface area contributed by atoms with Crippen molar-refractivity contribution in [3.63, 3.8) is 0 Å². The van der Waals surface area contributed by atoms with Crippen molar-refractivity contribution in [3.8, 4) is 16.8 Å². The minimum Gasteiger partial charge on any atom is -0.456 e. The molecular weight excluding hydrogens is 308 g/mol. The van der Waals surface area contributed by atoms with Gasteiger partial charge in [0.2, 0.25) is 0 Å². The fraction of sp³-hybridized carbons (Fsp3) is 0.0455. The van der Waals surface area contributed by atoms with Crippen LogP contribution >= 0.6 is 0 Å². The summed E-state index contributed by atoms with van der Waals surface area (Å²) in [6.45, 7) is 2.04.